The van der Waals surface area contributed by atoms with Crippen molar-refractivity contribution in [3.05, 3.63) is 113 Å². The SMILES string of the molecule is N#CC1(C#N)[C@H](c2ccccc2)[C@H](c2ccccc2)[C@H]2c3ccccc3C=CN21. The second-order valence-corrected chi connectivity index (χ2v) is 7.61. The molecule has 0 saturated carbocycles. The van der Waals surface area contributed by atoms with E-state index in [1.165, 1.54) is 0 Å². The van der Waals surface area contributed by atoms with Crippen LogP contribution >= 0.6 is 0 Å². The Hall–Kier alpha value is -3.82. The zero-order valence-corrected chi connectivity index (χ0v) is 15.8. The molecule has 0 bridgehead atoms. The number of rotatable bonds is 2. The van der Waals surface area contributed by atoms with E-state index in [9.17, 15) is 10.5 Å². The van der Waals surface area contributed by atoms with Gasteiger partial charge in [-0.3, -0.25) is 0 Å². The van der Waals surface area contributed by atoms with E-state index in [0.29, 0.717) is 0 Å². The Bertz CT molecular complexity index is 1140. The van der Waals surface area contributed by atoms with Crippen LogP contribution in [0.1, 0.15) is 40.1 Å². The van der Waals surface area contributed by atoms with E-state index in [1.807, 2.05) is 77.8 Å². The minimum absolute atomic E-state index is 0.0241. The van der Waals surface area contributed by atoms with Gasteiger partial charge in [0.2, 0.25) is 5.54 Å². The van der Waals surface area contributed by atoms with Crippen LogP contribution in [0.25, 0.3) is 6.08 Å². The maximum atomic E-state index is 10.4. The third-order valence-corrected chi connectivity index (χ3v) is 6.27. The highest BCUT2D eigenvalue weighted by atomic mass is 15.3. The molecule has 3 aromatic carbocycles. The molecule has 2 aliphatic rings. The van der Waals surface area contributed by atoms with Crippen LogP contribution in [-0.2, 0) is 0 Å². The lowest BCUT2D eigenvalue weighted by molar-refractivity contribution is 0.255. The quantitative estimate of drug-likeness (QED) is 0.606. The number of hydrogen-bond acceptors (Lipinski definition) is 3. The lowest BCUT2D eigenvalue weighted by Gasteiger charge is -2.35. The fourth-order valence-electron chi connectivity index (χ4n) is 5.08. The van der Waals surface area contributed by atoms with E-state index in [2.05, 4.69) is 36.4 Å². The number of fused-ring (bicyclic) bond motifs is 3. The fraction of sp³-hybridized carbons (Fsp3) is 0.154. The molecule has 1 fully saturated rings. The minimum atomic E-state index is -1.28. The molecule has 2 heterocycles. The minimum Gasteiger partial charge on any atom is -0.340 e. The van der Waals surface area contributed by atoms with Gasteiger partial charge in [0, 0.05) is 18.0 Å². The Balaban J connectivity index is 1.82. The first-order chi connectivity index (χ1) is 14.3. The molecule has 29 heavy (non-hydrogen) atoms. The molecule has 0 unspecified atom stereocenters. The first-order valence-corrected chi connectivity index (χ1v) is 9.78. The maximum absolute atomic E-state index is 10.4. The third-order valence-electron chi connectivity index (χ3n) is 6.27. The van der Waals surface area contributed by atoms with Gasteiger partial charge in [-0.25, -0.2) is 0 Å². The Morgan fingerprint density at radius 3 is 1.97 bits per heavy atom. The van der Waals surface area contributed by atoms with Gasteiger partial charge in [-0.05, 0) is 28.3 Å². The van der Waals surface area contributed by atoms with Gasteiger partial charge >= 0.3 is 0 Å². The van der Waals surface area contributed by atoms with Crippen LogP contribution in [0, 0.1) is 22.7 Å². The van der Waals surface area contributed by atoms with Gasteiger partial charge in [-0.2, -0.15) is 10.5 Å². The van der Waals surface area contributed by atoms with Gasteiger partial charge in [0.15, 0.2) is 0 Å². The largest absolute Gasteiger partial charge is 0.340 e. The lowest BCUT2D eigenvalue weighted by Crippen LogP contribution is -2.43. The van der Waals surface area contributed by atoms with Crippen LogP contribution in [0.4, 0.5) is 0 Å². The summed E-state index contributed by atoms with van der Waals surface area (Å²) in [7, 11) is 0. The van der Waals surface area contributed by atoms with E-state index < -0.39 is 5.54 Å². The standard InChI is InChI=1S/C26H19N3/c27-17-26(18-28)24(21-12-5-2-6-13-21)23(20-10-3-1-4-11-20)25-22-14-8-7-9-19(22)15-16-29(25)26/h1-16,23-25H/t23-,24+,25+/m0/s1. The Morgan fingerprint density at radius 1 is 0.724 bits per heavy atom. The molecule has 0 N–H and O–H groups in total. The molecule has 3 heteroatoms. The van der Waals surface area contributed by atoms with E-state index in [0.717, 1.165) is 22.3 Å². The zero-order valence-electron chi connectivity index (χ0n) is 15.8. The maximum Gasteiger partial charge on any atom is 0.222 e. The van der Waals surface area contributed by atoms with Crippen LogP contribution in [0.3, 0.4) is 0 Å². The monoisotopic (exact) mass is 373 g/mol. The summed E-state index contributed by atoms with van der Waals surface area (Å²) in [5, 5.41) is 20.7. The molecule has 0 radical (unpaired) electrons. The molecule has 0 aromatic heterocycles. The zero-order chi connectivity index (χ0) is 19.8. The molecule has 138 valence electrons. The predicted molar refractivity (Wildman–Crippen MR) is 112 cm³/mol. The number of hydrogen-bond donors (Lipinski definition) is 0. The van der Waals surface area contributed by atoms with Crippen molar-refractivity contribution in [3.8, 4) is 12.1 Å². The highest BCUT2D eigenvalue weighted by Crippen LogP contribution is 2.60. The molecule has 0 aliphatic carbocycles. The van der Waals surface area contributed by atoms with E-state index in [4.69, 9.17) is 0 Å². The fourth-order valence-corrected chi connectivity index (χ4v) is 5.08. The van der Waals surface area contributed by atoms with Crippen molar-refractivity contribution in [2.75, 3.05) is 0 Å². The second-order valence-electron chi connectivity index (χ2n) is 7.61. The highest BCUT2D eigenvalue weighted by Gasteiger charge is 2.61. The molecule has 5 rings (SSSR count). The Kier molecular flexibility index (Phi) is 3.97. The van der Waals surface area contributed by atoms with Gasteiger partial charge in [0.1, 0.15) is 12.1 Å². The lowest BCUT2D eigenvalue weighted by atomic mass is 9.72. The van der Waals surface area contributed by atoms with Gasteiger partial charge in [-0.1, -0.05) is 84.9 Å². The summed E-state index contributed by atoms with van der Waals surface area (Å²) in [6.45, 7) is 0. The summed E-state index contributed by atoms with van der Waals surface area (Å²) in [5.74, 6) is -0.300. The molecule has 0 amide bonds. The van der Waals surface area contributed by atoms with E-state index in [-0.39, 0.29) is 17.9 Å². The van der Waals surface area contributed by atoms with Crippen molar-refractivity contribution in [3.63, 3.8) is 0 Å². The summed E-state index contributed by atoms with van der Waals surface area (Å²) in [5.41, 5.74) is 3.19. The Labute approximate surface area is 170 Å². The van der Waals surface area contributed by atoms with Crippen LogP contribution in [-0.4, -0.2) is 10.4 Å². The first kappa shape index (κ1) is 17.3. The van der Waals surface area contributed by atoms with Gasteiger partial charge in [-0.15, -0.1) is 0 Å². The van der Waals surface area contributed by atoms with Crippen molar-refractivity contribution < 1.29 is 0 Å². The second kappa shape index (κ2) is 6.66. The van der Waals surface area contributed by atoms with E-state index >= 15 is 0 Å². The molecule has 3 atom stereocenters. The van der Waals surface area contributed by atoms with Crippen LogP contribution < -0.4 is 0 Å². The van der Waals surface area contributed by atoms with Crippen LogP contribution in [0.5, 0.6) is 0 Å². The van der Waals surface area contributed by atoms with Crippen LogP contribution in [0.15, 0.2) is 91.1 Å². The molecule has 3 aromatic rings. The summed E-state index contributed by atoms with van der Waals surface area (Å²) >= 11 is 0. The topological polar surface area (TPSA) is 50.8 Å². The molecule has 2 aliphatic heterocycles. The Morgan fingerprint density at radius 2 is 1.31 bits per heavy atom. The van der Waals surface area contributed by atoms with Crippen molar-refractivity contribution in [2.24, 2.45) is 0 Å². The third kappa shape index (κ3) is 2.42. The van der Waals surface area contributed by atoms with Gasteiger partial charge in [0.25, 0.3) is 0 Å². The van der Waals surface area contributed by atoms with Crippen molar-refractivity contribution in [1.29, 1.82) is 10.5 Å². The van der Waals surface area contributed by atoms with Gasteiger partial charge < -0.3 is 4.90 Å². The average Bonchev–Trinajstić information content (AvgIpc) is 3.11. The molecule has 0 spiro atoms. The molecule has 3 nitrogen and oxygen atoms in total. The van der Waals surface area contributed by atoms with Crippen molar-refractivity contribution in [2.45, 2.75) is 23.4 Å². The number of nitriles is 2. The predicted octanol–water partition coefficient (Wildman–Crippen LogP) is 5.38. The van der Waals surface area contributed by atoms with E-state index in [1.54, 1.807) is 0 Å². The molecular formula is C26H19N3. The number of nitrogens with zero attached hydrogens (tertiary/aromatic N) is 3. The summed E-state index contributed by atoms with van der Waals surface area (Å²) < 4.78 is 0. The summed E-state index contributed by atoms with van der Waals surface area (Å²) in [6, 6.07) is 33.4. The summed E-state index contributed by atoms with van der Waals surface area (Å²) in [4.78, 5) is 1.99. The van der Waals surface area contributed by atoms with Crippen LogP contribution in [0.2, 0.25) is 0 Å². The highest BCUT2D eigenvalue weighted by molar-refractivity contribution is 5.62. The first-order valence-electron chi connectivity index (χ1n) is 9.78. The van der Waals surface area contributed by atoms with Crippen molar-refractivity contribution in [1.82, 2.24) is 4.90 Å². The average molecular weight is 373 g/mol. The van der Waals surface area contributed by atoms with Gasteiger partial charge in [0.05, 0.1) is 6.04 Å². The summed E-state index contributed by atoms with van der Waals surface area (Å²) in [6.07, 6.45) is 3.96. The smallest absolute Gasteiger partial charge is 0.222 e. The normalized spacial score (nSPS) is 23.5. The molecule has 1 saturated heterocycles. The molecular weight excluding hydrogens is 354 g/mol. The number of benzene rings is 3. The van der Waals surface area contributed by atoms with Crippen molar-refractivity contribution >= 4 is 6.08 Å².